The van der Waals surface area contributed by atoms with Crippen LogP contribution < -0.4 is 5.32 Å². The molecule has 0 spiro atoms. The van der Waals surface area contributed by atoms with Crippen LogP contribution in [0.15, 0.2) is 64.4 Å². The Kier molecular flexibility index (Phi) is 6.44. The Morgan fingerprint density at radius 3 is 2.56 bits per heavy atom. The van der Waals surface area contributed by atoms with E-state index in [4.69, 9.17) is 0 Å². The Bertz CT molecular complexity index is 767. The maximum absolute atomic E-state index is 12.9. The molecule has 2 aromatic carbocycles. The van der Waals surface area contributed by atoms with Gasteiger partial charge in [0.15, 0.2) is 0 Å². The van der Waals surface area contributed by atoms with E-state index >= 15 is 0 Å². The van der Waals surface area contributed by atoms with Gasteiger partial charge in [-0.2, -0.15) is 13.2 Å². The highest BCUT2D eigenvalue weighted by Gasteiger charge is 2.41. The highest BCUT2D eigenvalue weighted by atomic mass is 32.2. The number of para-hydroxylation sites is 1. The molecule has 0 saturated carbocycles. The van der Waals surface area contributed by atoms with E-state index in [1.165, 1.54) is 11.8 Å². The number of benzene rings is 2. The smallest absolute Gasteiger partial charge is 0.324 e. The number of likely N-dealkylation sites (tertiary alicyclic amines) is 1. The first kappa shape index (κ1) is 19.8. The summed E-state index contributed by atoms with van der Waals surface area (Å²) < 4.78 is 38.8. The van der Waals surface area contributed by atoms with Crippen LogP contribution in [0.5, 0.6) is 0 Å². The summed E-state index contributed by atoms with van der Waals surface area (Å²) in [4.78, 5) is 15.9. The summed E-state index contributed by atoms with van der Waals surface area (Å²) in [5.74, 6) is -1.64. The molecule has 1 unspecified atom stereocenters. The second-order valence-corrected chi connectivity index (χ2v) is 7.69. The van der Waals surface area contributed by atoms with Gasteiger partial charge in [-0.15, -0.1) is 0 Å². The van der Waals surface area contributed by atoms with E-state index in [1.54, 1.807) is 11.0 Å². The number of piperidine rings is 1. The standard InChI is InChI=1S/C20H21F3N2OS/c21-20(22,23)15-7-6-12-25(13-15)14-19(26)24-17-10-4-5-11-18(17)27-16-8-2-1-3-9-16/h1-5,8-11,15H,6-7,12-14H2,(H,24,26). The van der Waals surface area contributed by atoms with Gasteiger partial charge in [-0.05, 0) is 43.7 Å². The number of alkyl halides is 3. The summed E-state index contributed by atoms with van der Waals surface area (Å²) in [6, 6.07) is 17.2. The molecule has 1 aliphatic rings. The molecule has 0 aliphatic carbocycles. The van der Waals surface area contributed by atoms with Gasteiger partial charge in [-0.25, -0.2) is 0 Å². The molecule has 3 rings (SSSR count). The van der Waals surface area contributed by atoms with Gasteiger partial charge < -0.3 is 5.32 Å². The molecule has 0 radical (unpaired) electrons. The van der Waals surface area contributed by atoms with Crippen LogP contribution in [0.1, 0.15) is 12.8 Å². The van der Waals surface area contributed by atoms with Crippen LogP contribution in [0, 0.1) is 5.92 Å². The van der Waals surface area contributed by atoms with Crippen LogP contribution in [0.25, 0.3) is 0 Å². The van der Waals surface area contributed by atoms with Gasteiger partial charge in [-0.1, -0.05) is 42.1 Å². The van der Waals surface area contributed by atoms with Gasteiger partial charge in [0.1, 0.15) is 0 Å². The molecule has 0 bridgehead atoms. The van der Waals surface area contributed by atoms with E-state index in [0.717, 1.165) is 9.79 Å². The average Bonchev–Trinajstić information content (AvgIpc) is 2.64. The van der Waals surface area contributed by atoms with Crippen LogP contribution in [0.3, 0.4) is 0 Å². The molecule has 1 amide bonds. The van der Waals surface area contributed by atoms with Gasteiger partial charge in [0.2, 0.25) is 5.91 Å². The lowest BCUT2D eigenvalue weighted by Crippen LogP contribution is -2.44. The fourth-order valence-corrected chi connectivity index (χ4v) is 4.06. The van der Waals surface area contributed by atoms with Crippen LogP contribution in [0.4, 0.5) is 18.9 Å². The molecule has 27 heavy (non-hydrogen) atoms. The Labute approximate surface area is 160 Å². The monoisotopic (exact) mass is 394 g/mol. The second-order valence-electron chi connectivity index (χ2n) is 6.58. The number of halogens is 3. The van der Waals surface area contributed by atoms with Crippen LogP contribution in [-0.2, 0) is 4.79 Å². The zero-order valence-corrected chi connectivity index (χ0v) is 15.5. The first-order valence-electron chi connectivity index (χ1n) is 8.82. The van der Waals surface area contributed by atoms with Gasteiger partial charge in [0.25, 0.3) is 0 Å². The number of nitrogens with one attached hydrogen (secondary N) is 1. The fourth-order valence-electron chi connectivity index (χ4n) is 3.13. The molecule has 3 nitrogen and oxygen atoms in total. The molecule has 1 fully saturated rings. The van der Waals surface area contributed by atoms with E-state index in [-0.39, 0.29) is 25.4 Å². The van der Waals surface area contributed by atoms with Crippen molar-refractivity contribution in [1.82, 2.24) is 4.90 Å². The lowest BCUT2D eigenvalue weighted by atomic mass is 9.97. The van der Waals surface area contributed by atoms with Crippen molar-refractivity contribution in [2.75, 3.05) is 25.0 Å². The summed E-state index contributed by atoms with van der Waals surface area (Å²) in [5.41, 5.74) is 0.667. The largest absolute Gasteiger partial charge is 0.393 e. The van der Waals surface area contributed by atoms with Crippen LogP contribution in [-0.4, -0.2) is 36.6 Å². The molecule has 7 heteroatoms. The molecule has 1 aliphatic heterocycles. The molecule has 0 aromatic heterocycles. The lowest BCUT2D eigenvalue weighted by Gasteiger charge is -2.33. The first-order valence-corrected chi connectivity index (χ1v) is 9.64. The minimum Gasteiger partial charge on any atom is -0.324 e. The van der Waals surface area contributed by atoms with Crippen molar-refractivity contribution in [2.45, 2.75) is 28.8 Å². The van der Waals surface area contributed by atoms with E-state index in [0.29, 0.717) is 18.7 Å². The third kappa shape index (κ3) is 5.74. The lowest BCUT2D eigenvalue weighted by molar-refractivity contribution is -0.186. The average molecular weight is 394 g/mol. The summed E-state index contributed by atoms with van der Waals surface area (Å²) >= 11 is 1.53. The molecule has 1 atom stereocenters. The quantitative estimate of drug-likeness (QED) is 0.770. The zero-order valence-electron chi connectivity index (χ0n) is 14.7. The van der Waals surface area contributed by atoms with E-state index in [1.807, 2.05) is 48.5 Å². The van der Waals surface area contributed by atoms with Crippen molar-refractivity contribution in [3.8, 4) is 0 Å². The number of nitrogens with zero attached hydrogens (tertiary/aromatic N) is 1. The van der Waals surface area contributed by atoms with Crippen molar-refractivity contribution in [1.29, 1.82) is 0 Å². The van der Waals surface area contributed by atoms with Gasteiger partial charge in [0.05, 0.1) is 18.2 Å². The molecular weight excluding hydrogens is 373 g/mol. The number of hydrogen-bond donors (Lipinski definition) is 1. The zero-order chi connectivity index (χ0) is 19.3. The predicted molar refractivity (Wildman–Crippen MR) is 101 cm³/mol. The highest BCUT2D eigenvalue weighted by molar-refractivity contribution is 7.99. The van der Waals surface area contributed by atoms with Gasteiger partial charge in [-0.3, -0.25) is 9.69 Å². The predicted octanol–water partition coefficient (Wildman–Crippen LogP) is 5.05. The number of rotatable bonds is 5. The summed E-state index contributed by atoms with van der Waals surface area (Å²) in [6.07, 6.45) is -3.61. The maximum Gasteiger partial charge on any atom is 0.393 e. The number of anilines is 1. The van der Waals surface area contributed by atoms with Crippen molar-refractivity contribution < 1.29 is 18.0 Å². The van der Waals surface area contributed by atoms with Crippen LogP contribution >= 0.6 is 11.8 Å². The second kappa shape index (κ2) is 8.80. The molecule has 1 saturated heterocycles. The molecule has 144 valence electrons. The summed E-state index contributed by atoms with van der Waals surface area (Å²) in [6.45, 7) is 0.370. The van der Waals surface area contributed by atoms with Crippen molar-refractivity contribution in [3.63, 3.8) is 0 Å². The highest BCUT2D eigenvalue weighted by Crippen LogP contribution is 2.34. The van der Waals surface area contributed by atoms with E-state index in [9.17, 15) is 18.0 Å². The fraction of sp³-hybridized carbons (Fsp3) is 0.350. The van der Waals surface area contributed by atoms with Gasteiger partial charge >= 0.3 is 6.18 Å². The summed E-state index contributed by atoms with van der Waals surface area (Å²) in [7, 11) is 0. The minimum absolute atomic E-state index is 0.0308. The molecule has 2 aromatic rings. The van der Waals surface area contributed by atoms with E-state index < -0.39 is 12.1 Å². The number of hydrogen-bond acceptors (Lipinski definition) is 3. The Hall–Kier alpha value is -1.99. The third-order valence-electron chi connectivity index (χ3n) is 4.47. The van der Waals surface area contributed by atoms with Crippen molar-refractivity contribution >= 4 is 23.4 Å². The van der Waals surface area contributed by atoms with Gasteiger partial charge in [0, 0.05) is 16.3 Å². The summed E-state index contributed by atoms with van der Waals surface area (Å²) in [5, 5.41) is 2.85. The topological polar surface area (TPSA) is 32.3 Å². The first-order chi connectivity index (χ1) is 12.9. The van der Waals surface area contributed by atoms with E-state index in [2.05, 4.69) is 5.32 Å². The third-order valence-corrected chi connectivity index (χ3v) is 5.55. The molecular formula is C20H21F3N2OS. The number of carbonyl (C=O) groups excluding carboxylic acids is 1. The SMILES string of the molecule is O=C(CN1CCCC(C(F)(F)F)C1)Nc1ccccc1Sc1ccccc1. The van der Waals surface area contributed by atoms with Crippen molar-refractivity contribution in [3.05, 3.63) is 54.6 Å². The number of amides is 1. The normalized spacial score (nSPS) is 18.3. The Morgan fingerprint density at radius 2 is 1.81 bits per heavy atom. The van der Waals surface area contributed by atoms with Crippen LogP contribution in [0.2, 0.25) is 0 Å². The van der Waals surface area contributed by atoms with Crippen molar-refractivity contribution in [2.24, 2.45) is 5.92 Å². The Balaban J connectivity index is 1.61. The minimum atomic E-state index is -4.20. The Morgan fingerprint density at radius 1 is 1.11 bits per heavy atom. The number of carbonyl (C=O) groups is 1. The molecule has 1 N–H and O–H groups in total. The maximum atomic E-state index is 12.9. The molecule has 1 heterocycles.